The number of hydrogen-bond acceptors (Lipinski definition) is 6. The van der Waals surface area contributed by atoms with Crippen LogP contribution in [0.25, 0.3) is 0 Å². The van der Waals surface area contributed by atoms with E-state index in [1.54, 1.807) is 6.07 Å². The van der Waals surface area contributed by atoms with Crippen molar-refractivity contribution in [1.82, 2.24) is 20.2 Å². The highest BCUT2D eigenvalue weighted by Crippen LogP contribution is 2.23. The van der Waals surface area contributed by atoms with Crippen molar-refractivity contribution in [2.24, 2.45) is 0 Å². The number of aryl methyl sites for hydroxylation is 1. The van der Waals surface area contributed by atoms with Gasteiger partial charge in [-0.2, -0.15) is 4.98 Å². The molecular weight excluding hydrogens is 262 g/mol. The molecule has 0 fully saturated rings. The number of hydrogen-bond donors (Lipinski definition) is 2. The number of aromatic nitrogens is 4. The normalized spacial score (nSPS) is 10.5. The molecule has 0 saturated heterocycles. The summed E-state index contributed by atoms with van der Waals surface area (Å²) >= 11 is 1.48. The number of anilines is 1. The highest BCUT2D eigenvalue weighted by atomic mass is 32.2. The summed E-state index contributed by atoms with van der Waals surface area (Å²) in [5.74, 6) is 1.76. The fraction of sp³-hybridized carbons (Fsp3) is 0.417. The standard InChI is InChI=1S/C12H17N5OS/c1-4-5-13-9-7-10(15-12(14-9)19-3)18-11-6-8(2)16-17-11/h6-7H,4-5H2,1-3H3,(H,16,17)(H,13,14,15). The van der Waals surface area contributed by atoms with Crippen LogP contribution in [0, 0.1) is 6.92 Å². The molecule has 0 aliphatic rings. The Labute approximate surface area is 116 Å². The second kappa shape index (κ2) is 6.42. The Morgan fingerprint density at radius 1 is 1.32 bits per heavy atom. The first-order valence-corrected chi connectivity index (χ1v) is 7.30. The molecule has 7 heteroatoms. The Balaban J connectivity index is 2.18. The van der Waals surface area contributed by atoms with Crippen LogP contribution in [-0.2, 0) is 0 Å². The molecule has 0 unspecified atom stereocenters. The summed E-state index contributed by atoms with van der Waals surface area (Å²) in [6, 6.07) is 3.60. The maximum Gasteiger partial charge on any atom is 0.240 e. The first-order valence-electron chi connectivity index (χ1n) is 6.08. The number of aromatic amines is 1. The first-order chi connectivity index (χ1) is 9.21. The van der Waals surface area contributed by atoms with E-state index in [9.17, 15) is 0 Å². The molecule has 0 spiro atoms. The van der Waals surface area contributed by atoms with Crippen molar-refractivity contribution < 1.29 is 4.74 Å². The van der Waals surface area contributed by atoms with Gasteiger partial charge in [-0.15, -0.1) is 5.10 Å². The maximum atomic E-state index is 5.62. The Kier molecular flexibility index (Phi) is 4.62. The minimum atomic E-state index is 0.490. The fourth-order valence-corrected chi connectivity index (χ4v) is 1.81. The lowest BCUT2D eigenvalue weighted by Gasteiger charge is -2.07. The quantitative estimate of drug-likeness (QED) is 0.625. The summed E-state index contributed by atoms with van der Waals surface area (Å²) in [6.07, 6.45) is 2.97. The Bertz CT molecular complexity index is 543. The Hall–Kier alpha value is -1.76. The van der Waals surface area contributed by atoms with Crippen molar-refractivity contribution in [3.63, 3.8) is 0 Å². The van der Waals surface area contributed by atoms with Crippen LogP contribution in [0.3, 0.4) is 0 Å². The summed E-state index contributed by atoms with van der Waals surface area (Å²) in [6.45, 7) is 4.89. The minimum Gasteiger partial charge on any atom is -0.419 e. The number of thioether (sulfide) groups is 1. The lowest BCUT2D eigenvalue weighted by Crippen LogP contribution is -2.04. The zero-order chi connectivity index (χ0) is 13.7. The van der Waals surface area contributed by atoms with Crippen LogP contribution in [0.1, 0.15) is 19.0 Å². The third-order valence-electron chi connectivity index (χ3n) is 2.31. The first kappa shape index (κ1) is 13.7. The predicted molar refractivity (Wildman–Crippen MR) is 76.0 cm³/mol. The summed E-state index contributed by atoms with van der Waals surface area (Å²) in [5, 5.41) is 10.7. The molecule has 0 aliphatic heterocycles. The average molecular weight is 279 g/mol. The topological polar surface area (TPSA) is 75.7 Å². The highest BCUT2D eigenvalue weighted by Gasteiger charge is 2.07. The zero-order valence-electron chi connectivity index (χ0n) is 11.2. The molecule has 2 rings (SSSR count). The molecule has 6 nitrogen and oxygen atoms in total. The van der Waals surface area contributed by atoms with E-state index in [1.807, 2.05) is 19.2 Å². The summed E-state index contributed by atoms with van der Waals surface area (Å²) < 4.78 is 5.62. The molecule has 19 heavy (non-hydrogen) atoms. The van der Waals surface area contributed by atoms with Gasteiger partial charge in [-0.25, -0.2) is 4.98 Å². The van der Waals surface area contributed by atoms with Gasteiger partial charge in [0.2, 0.25) is 11.8 Å². The van der Waals surface area contributed by atoms with E-state index in [0.29, 0.717) is 16.9 Å². The van der Waals surface area contributed by atoms with Gasteiger partial charge in [-0.3, -0.25) is 5.10 Å². The summed E-state index contributed by atoms with van der Waals surface area (Å²) in [4.78, 5) is 8.67. The molecule has 0 bridgehead atoms. The SMILES string of the molecule is CCCNc1cc(Oc2cc(C)[nH]n2)nc(SC)n1. The molecule has 2 aromatic rings. The minimum absolute atomic E-state index is 0.490. The van der Waals surface area contributed by atoms with E-state index < -0.39 is 0 Å². The smallest absolute Gasteiger partial charge is 0.240 e. The van der Waals surface area contributed by atoms with E-state index in [2.05, 4.69) is 32.4 Å². The van der Waals surface area contributed by atoms with Gasteiger partial charge in [0.05, 0.1) is 0 Å². The van der Waals surface area contributed by atoms with E-state index in [4.69, 9.17) is 4.74 Å². The van der Waals surface area contributed by atoms with Crippen LogP contribution in [0.2, 0.25) is 0 Å². The Morgan fingerprint density at radius 3 is 2.79 bits per heavy atom. The summed E-state index contributed by atoms with van der Waals surface area (Å²) in [7, 11) is 0. The average Bonchev–Trinajstić information content (AvgIpc) is 2.81. The molecular formula is C12H17N5OS. The molecule has 2 aromatic heterocycles. The van der Waals surface area contributed by atoms with Gasteiger partial charge in [0.25, 0.3) is 0 Å². The van der Waals surface area contributed by atoms with Crippen LogP contribution >= 0.6 is 11.8 Å². The zero-order valence-corrected chi connectivity index (χ0v) is 12.0. The third-order valence-corrected chi connectivity index (χ3v) is 2.86. The third kappa shape index (κ3) is 3.85. The largest absolute Gasteiger partial charge is 0.419 e. The monoisotopic (exact) mass is 279 g/mol. The van der Waals surface area contributed by atoms with Crippen molar-refractivity contribution >= 4 is 17.6 Å². The molecule has 102 valence electrons. The predicted octanol–water partition coefficient (Wildman–Crippen LogP) is 2.84. The van der Waals surface area contributed by atoms with Gasteiger partial charge in [-0.05, 0) is 19.6 Å². The molecule has 0 atom stereocenters. The number of ether oxygens (including phenoxy) is 1. The number of nitrogens with one attached hydrogen (secondary N) is 2. The highest BCUT2D eigenvalue weighted by molar-refractivity contribution is 7.98. The van der Waals surface area contributed by atoms with Crippen molar-refractivity contribution in [3.8, 4) is 11.8 Å². The van der Waals surface area contributed by atoms with E-state index >= 15 is 0 Å². The van der Waals surface area contributed by atoms with Crippen molar-refractivity contribution in [2.45, 2.75) is 25.4 Å². The van der Waals surface area contributed by atoms with Gasteiger partial charge in [0, 0.05) is 24.4 Å². The lowest BCUT2D eigenvalue weighted by molar-refractivity contribution is 0.437. The van der Waals surface area contributed by atoms with Crippen LogP contribution in [0.4, 0.5) is 5.82 Å². The van der Waals surface area contributed by atoms with Crippen molar-refractivity contribution in [2.75, 3.05) is 18.1 Å². The fourth-order valence-electron chi connectivity index (χ4n) is 1.44. The molecule has 0 saturated carbocycles. The number of rotatable bonds is 6. The van der Waals surface area contributed by atoms with Crippen LogP contribution < -0.4 is 10.1 Å². The van der Waals surface area contributed by atoms with Gasteiger partial charge in [-0.1, -0.05) is 18.7 Å². The Morgan fingerprint density at radius 2 is 2.16 bits per heavy atom. The van der Waals surface area contributed by atoms with Crippen molar-refractivity contribution in [3.05, 3.63) is 17.8 Å². The van der Waals surface area contributed by atoms with Crippen LogP contribution in [0.15, 0.2) is 17.3 Å². The molecule has 0 amide bonds. The van der Waals surface area contributed by atoms with E-state index in [1.165, 1.54) is 11.8 Å². The molecule has 0 aromatic carbocycles. The number of H-pyrrole nitrogens is 1. The van der Waals surface area contributed by atoms with Gasteiger partial charge in [0.15, 0.2) is 5.16 Å². The van der Waals surface area contributed by atoms with Crippen LogP contribution in [0.5, 0.6) is 11.8 Å². The van der Waals surface area contributed by atoms with E-state index in [-0.39, 0.29) is 0 Å². The summed E-state index contributed by atoms with van der Waals surface area (Å²) in [5.41, 5.74) is 0.943. The van der Waals surface area contributed by atoms with Crippen LogP contribution in [-0.4, -0.2) is 33.0 Å². The molecule has 2 heterocycles. The van der Waals surface area contributed by atoms with Gasteiger partial charge >= 0.3 is 0 Å². The van der Waals surface area contributed by atoms with Gasteiger partial charge < -0.3 is 10.1 Å². The maximum absolute atomic E-state index is 5.62. The molecule has 2 N–H and O–H groups in total. The van der Waals surface area contributed by atoms with Crippen molar-refractivity contribution in [1.29, 1.82) is 0 Å². The second-order valence-electron chi connectivity index (χ2n) is 4.00. The second-order valence-corrected chi connectivity index (χ2v) is 4.77. The molecule has 0 aliphatic carbocycles. The van der Waals surface area contributed by atoms with E-state index in [0.717, 1.165) is 24.5 Å². The van der Waals surface area contributed by atoms with Gasteiger partial charge in [0.1, 0.15) is 5.82 Å². The lowest BCUT2D eigenvalue weighted by atomic mass is 10.4. The number of nitrogens with zero attached hydrogens (tertiary/aromatic N) is 3. The molecule has 0 radical (unpaired) electrons.